The minimum atomic E-state index is -4.45. The Morgan fingerprint density at radius 3 is 2.09 bits per heavy atom. The molecule has 23 heavy (non-hydrogen) atoms. The van der Waals surface area contributed by atoms with E-state index in [1.807, 2.05) is 24.3 Å². The van der Waals surface area contributed by atoms with Gasteiger partial charge < -0.3 is 4.55 Å². The van der Waals surface area contributed by atoms with Gasteiger partial charge >= 0.3 is 29.6 Å². The van der Waals surface area contributed by atoms with Crippen molar-refractivity contribution < 1.29 is 42.5 Å². The van der Waals surface area contributed by atoms with Crippen molar-refractivity contribution in [3.63, 3.8) is 0 Å². The molecular weight excluding hydrogens is 319 g/mol. The summed E-state index contributed by atoms with van der Waals surface area (Å²) in [6.07, 6.45) is 5.36. The average molecular weight is 342 g/mol. The number of benzene rings is 2. The zero-order valence-electron chi connectivity index (χ0n) is 14.3. The van der Waals surface area contributed by atoms with Gasteiger partial charge in [-0.1, -0.05) is 51.0 Å². The molecule has 0 aliphatic carbocycles. The Kier molecular flexibility index (Phi) is 8.25. The maximum Gasteiger partial charge on any atom is 1.00 e. The van der Waals surface area contributed by atoms with Crippen molar-refractivity contribution >= 4 is 20.9 Å². The van der Waals surface area contributed by atoms with Crippen LogP contribution in [0.25, 0.3) is 10.8 Å². The molecule has 0 saturated heterocycles. The fraction of sp³-hybridized carbons (Fsp3) is 0.444. The monoisotopic (exact) mass is 342 g/mol. The molecule has 5 heteroatoms. The first-order valence-corrected chi connectivity index (χ1v) is 9.39. The van der Waals surface area contributed by atoms with Crippen molar-refractivity contribution in [3.8, 4) is 0 Å². The summed E-state index contributed by atoms with van der Waals surface area (Å²) in [5.74, 6) is 0. The summed E-state index contributed by atoms with van der Waals surface area (Å²) in [5, 5.41) is 1.91. The van der Waals surface area contributed by atoms with Crippen LogP contribution in [0.5, 0.6) is 0 Å². The summed E-state index contributed by atoms with van der Waals surface area (Å²) in [6.45, 7) is 4.18. The van der Waals surface area contributed by atoms with Gasteiger partial charge in [-0.25, -0.2) is 8.42 Å². The van der Waals surface area contributed by atoms with Crippen molar-refractivity contribution in [2.24, 2.45) is 0 Å². The molecule has 2 rings (SSSR count). The second kappa shape index (κ2) is 9.19. The van der Waals surface area contributed by atoms with E-state index in [9.17, 15) is 13.0 Å². The van der Waals surface area contributed by atoms with Gasteiger partial charge in [-0.15, -0.1) is 0 Å². The quantitative estimate of drug-likeness (QED) is 0.565. The average Bonchev–Trinajstić information content (AvgIpc) is 2.49. The van der Waals surface area contributed by atoms with Gasteiger partial charge in [0.15, 0.2) is 0 Å². The van der Waals surface area contributed by atoms with Crippen LogP contribution in [-0.2, 0) is 23.0 Å². The number of fused-ring (bicyclic) bond motifs is 1. The number of hydrogen-bond acceptors (Lipinski definition) is 3. The second-order valence-electron chi connectivity index (χ2n) is 5.71. The number of unbranched alkanes of at least 4 members (excludes halogenated alkanes) is 2. The number of aryl methyl sites for hydroxylation is 1. The van der Waals surface area contributed by atoms with Crippen molar-refractivity contribution in [2.75, 3.05) is 0 Å². The molecular formula is C18H23NaO3S. The van der Waals surface area contributed by atoms with Crippen molar-refractivity contribution in [3.05, 3.63) is 41.5 Å². The van der Waals surface area contributed by atoms with E-state index in [4.69, 9.17) is 0 Å². The third kappa shape index (κ3) is 5.04. The summed E-state index contributed by atoms with van der Waals surface area (Å²) in [6, 6.07) is 9.30. The summed E-state index contributed by atoms with van der Waals surface area (Å²) in [4.78, 5) is -0.0225. The Labute approximate surface area is 161 Å². The smallest absolute Gasteiger partial charge is 0.744 e. The predicted molar refractivity (Wildman–Crippen MR) is 89.1 cm³/mol. The van der Waals surface area contributed by atoms with Crippen LogP contribution in [0.2, 0.25) is 0 Å². The van der Waals surface area contributed by atoms with Gasteiger partial charge in [0.05, 0.1) is 4.90 Å². The Morgan fingerprint density at radius 2 is 1.52 bits per heavy atom. The zero-order valence-corrected chi connectivity index (χ0v) is 17.1. The fourth-order valence-corrected chi connectivity index (χ4v) is 3.73. The maximum absolute atomic E-state index is 11.7. The molecule has 0 heterocycles. The Hall–Kier alpha value is -0.390. The van der Waals surface area contributed by atoms with Gasteiger partial charge in [-0.3, -0.25) is 0 Å². The van der Waals surface area contributed by atoms with Crippen LogP contribution in [0.4, 0.5) is 0 Å². The van der Waals surface area contributed by atoms with E-state index < -0.39 is 10.1 Å². The molecule has 0 unspecified atom stereocenters. The molecule has 0 N–H and O–H groups in total. The van der Waals surface area contributed by atoms with Gasteiger partial charge in [0.25, 0.3) is 0 Å². The Balaban J connectivity index is 0.00000264. The van der Waals surface area contributed by atoms with E-state index in [2.05, 4.69) is 13.8 Å². The standard InChI is InChI=1S/C18H24O3S.Na/c1-3-5-10-16-15-12-8-7-9-14(15)13-18(22(19,20)21)17(16)11-6-4-2;/h7-9,12-13H,3-6,10-11H2,1-2H3,(H,19,20,21);/q;+1/p-1. The third-order valence-corrected chi connectivity index (χ3v) is 4.97. The minimum Gasteiger partial charge on any atom is -0.744 e. The van der Waals surface area contributed by atoms with Crippen LogP contribution in [0.15, 0.2) is 35.2 Å². The molecule has 0 spiro atoms. The zero-order chi connectivity index (χ0) is 16.2. The molecule has 0 fully saturated rings. The van der Waals surface area contributed by atoms with Crippen LogP contribution in [0, 0.1) is 0 Å². The molecule has 0 saturated carbocycles. The van der Waals surface area contributed by atoms with Crippen LogP contribution < -0.4 is 29.6 Å². The van der Waals surface area contributed by atoms with Gasteiger partial charge in [0.1, 0.15) is 10.1 Å². The topological polar surface area (TPSA) is 57.2 Å². The van der Waals surface area contributed by atoms with Crippen LogP contribution in [-0.4, -0.2) is 13.0 Å². The van der Waals surface area contributed by atoms with E-state index in [-0.39, 0.29) is 34.5 Å². The predicted octanol–water partition coefficient (Wildman–Crippen LogP) is 1.43. The molecule has 0 aromatic heterocycles. The third-order valence-electron chi connectivity index (χ3n) is 4.06. The van der Waals surface area contributed by atoms with Gasteiger partial charge in [-0.05, 0) is 53.6 Å². The van der Waals surface area contributed by atoms with Gasteiger partial charge in [-0.2, -0.15) is 0 Å². The SMILES string of the molecule is CCCCc1c(S(=O)(=O)[O-])cc2ccccc2c1CCCC.[Na+]. The first kappa shape index (κ1) is 20.7. The first-order valence-electron chi connectivity index (χ1n) is 7.98. The molecule has 0 aliphatic rings. The minimum absolute atomic E-state index is 0. The molecule has 0 atom stereocenters. The molecule has 2 aromatic carbocycles. The number of rotatable bonds is 7. The van der Waals surface area contributed by atoms with E-state index in [0.29, 0.717) is 6.42 Å². The maximum atomic E-state index is 11.7. The summed E-state index contributed by atoms with van der Waals surface area (Å²) in [7, 11) is -4.45. The molecule has 0 amide bonds. The fourth-order valence-electron chi connectivity index (χ4n) is 2.93. The first-order chi connectivity index (χ1) is 10.5. The molecule has 0 radical (unpaired) electrons. The van der Waals surface area contributed by atoms with Gasteiger partial charge in [0.2, 0.25) is 0 Å². The Morgan fingerprint density at radius 1 is 0.957 bits per heavy atom. The van der Waals surface area contributed by atoms with Crippen molar-refractivity contribution in [1.29, 1.82) is 0 Å². The summed E-state index contributed by atoms with van der Waals surface area (Å²) < 4.78 is 35.2. The molecule has 2 aromatic rings. The van der Waals surface area contributed by atoms with Crippen molar-refractivity contribution in [2.45, 2.75) is 57.3 Å². The second-order valence-corrected chi connectivity index (χ2v) is 7.06. The van der Waals surface area contributed by atoms with E-state index in [1.165, 1.54) is 0 Å². The summed E-state index contributed by atoms with van der Waals surface area (Å²) >= 11 is 0. The van der Waals surface area contributed by atoms with Gasteiger partial charge in [0, 0.05) is 0 Å². The van der Waals surface area contributed by atoms with Crippen LogP contribution in [0.3, 0.4) is 0 Å². The van der Waals surface area contributed by atoms with E-state index in [0.717, 1.165) is 54.0 Å². The normalized spacial score (nSPS) is 11.4. The Bertz CT molecular complexity index is 754. The molecule has 0 bridgehead atoms. The number of hydrogen-bond donors (Lipinski definition) is 0. The van der Waals surface area contributed by atoms with E-state index >= 15 is 0 Å². The van der Waals surface area contributed by atoms with Crippen molar-refractivity contribution in [1.82, 2.24) is 0 Å². The van der Waals surface area contributed by atoms with Crippen LogP contribution in [0.1, 0.15) is 50.7 Å². The summed E-state index contributed by atoms with van der Waals surface area (Å²) in [5.41, 5.74) is 1.78. The van der Waals surface area contributed by atoms with E-state index in [1.54, 1.807) is 6.07 Å². The largest absolute Gasteiger partial charge is 1.00 e. The molecule has 3 nitrogen and oxygen atoms in total. The van der Waals surface area contributed by atoms with Crippen LogP contribution >= 0.6 is 0 Å². The molecule has 0 aliphatic heterocycles. The molecule has 120 valence electrons.